The van der Waals surface area contributed by atoms with E-state index < -0.39 is 0 Å². The molecule has 3 heteroatoms. The summed E-state index contributed by atoms with van der Waals surface area (Å²) in [5.74, 6) is -0.229. The lowest BCUT2D eigenvalue weighted by Gasteiger charge is -2.14. The van der Waals surface area contributed by atoms with Crippen LogP contribution in [0.3, 0.4) is 0 Å². The van der Waals surface area contributed by atoms with Crippen molar-refractivity contribution in [1.29, 1.82) is 0 Å². The zero-order chi connectivity index (χ0) is 13.0. The predicted molar refractivity (Wildman–Crippen MR) is 70.6 cm³/mol. The van der Waals surface area contributed by atoms with Crippen LogP contribution >= 0.6 is 0 Å². The standard InChI is InChI=1S/C15H17FN2/c1-11-4-6-13(16)9-14(11)15(17)7-5-12-3-2-8-18-10-12/h2-4,6,8-10,15H,5,7,17H2,1H3. The molecule has 2 rings (SSSR count). The average molecular weight is 244 g/mol. The van der Waals surface area contributed by atoms with E-state index in [0.29, 0.717) is 0 Å². The molecule has 0 aliphatic carbocycles. The third-order valence-corrected chi connectivity index (χ3v) is 3.11. The number of pyridine rings is 1. The van der Waals surface area contributed by atoms with E-state index in [1.54, 1.807) is 12.3 Å². The Kier molecular flexibility index (Phi) is 4.05. The number of rotatable bonds is 4. The zero-order valence-corrected chi connectivity index (χ0v) is 10.4. The molecule has 1 heterocycles. The number of aromatic nitrogens is 1. The van der Waals surface area contributed by atoms with Crippen molar-refractivity contribution in [1.82, 2.24) is 4.98 Å². The van der Waals surface area contributed by atoms with Crippen molar-refractivity contribution >= 4 is 0 Å². The molecule has 0 aliphatic heterocycles. The van der Waals surface area contributed by atoms with Gasteiger partial charge in [-0.25, -0.2) is 4.39 Å². The van der Waals surface area contributed by atoms with Crippen molar-refractivity contribution in [3.63, 3.8) is 0 Å². The van der Waals surface area contributed by atoms with Gasteiger partial charge in [0.2, 0.25) is 0 Å². The first-order valence-electron chi connectivity index (χ1n) is 6.07. The summed E-state index contributed by atoms with van der Waals surface area (Å²) in [6.45, 7) is 1.96. The molecule has 0 amide bonds. The van der Waals surface area contributed by atoms with Gasteiger partial charge in [-0.05, 0) is 54.7 Å². The van der Waals surface area contributed by atoms with Gasteiger partial charge in [-0.1, -0.05) is 12.1 Å². The molecular formula is C15H17FN2. The Morgan fingerprint density at radius 1 is 1.33 bits per heavy atom. The zero-order valence-electron chi connectivity index (χ0n) is 10.4. The highest BCUT2D eigenvalue weighted by Gasteiger charge is 2.10. The fourth-order valence-corrected chi connectivity index (χ4v) is 2.03. The highest BCUT2D eigenvalue weighted by atomic mass is 19.1. The highest BCUT2D eigenvalue weighted by molar-refractivity contribution is 5.29. The van der Waals surface area contributed by atoms with Gasteiger partial charge < -0.3 is 5.73 Å². The predicted octanol–water partition coefficient (Wildman–Crippen LogP) is 3.16. The first-order valence-corrected chi connectivity index (χ1v) is 6.07. The van der Waals surface area contributed by atoms with Crippen molar-refractivity contribution in [3.05, 3.63) is 65.2 Å². The van der Waals surface area contributed by atoms with Crippen molar-refractivity contribution < 1.29 is 4.39 Å². The average Bonchev–Trinajstić information content (AvgIpc) is 2.40. The molecule has 0 fully saturated rings. The molecule has 0 bridgehead atoms. The lowest BCUT2D eigenvalue weighted by Crippen LogP contribution is -2.13. The maximum Gasteiger partial charge on any atom is 0.123 e. The van der Waals surface area contributed by atoms with Crippen molar-refractivity contribution in [3.8, 4) is 0 Å². The van der Waals surface area contributed by atoms with Crippen LogP contribution < -0.4 is 5.73 Å². The third-order valence-electron chi connectivity index (χ3n) is 3.11. The van der Waals surface area contributed by atoms with E-state index in [1.165, 1.54) is 12.1 Å². The fourth-order valence-electron chi connectivity index (χ4n) is 2.03. The van der Waals surface area contributed by atoms with Crippen molar-refractivity contribution in [2.45, 2.75) is 25.8 Å². The SMILES string of the molecule is Cc1ccc(F)cc1C(N)CCc1cccnc1. The number of halogens is 1. The Balaban J connectivity index is 2.03. The largest absolute Gasteiger partial charge is 0.324 e. The van der Waals surface area contributed by atoms with Gasteiger partial charge in [-0.15, -0.1) is 0 Å². The topological polar surface area (TPSA) is 38.9 Å². The number of benzene rings is 1. The van der Waals surface area contributed by atoms with E-state index in [9.17, 15) is 4.39 Å². The third kappa shape index (κ3) is 3.14. The van der Waals surface area contributed by atoms with Crippen molar-refractivity contribution in [2.24, 2.45) is 5.73 Å². The maximum absolute atomic E-state index is 13.2. The summed E-state index contributed by atoms with van der Waals surface area (Å²) in [7, 11) is 0. The molecule has 18 heavy (non-hydrogen) atoms. The first-order chi connectivity index (χ1) is 8.66. The maximum atomic E-state index is 13.2. The van der Waals surface area contributed by atoms with Gasteiger partial charge in [0.15, 0.2) is 0 Å². The normalized spacial score (nSPS) is 12.4. The summed E-state index contributed by atoms with van der Waals surface area (Å²) in [5, 5.41) is 0. The number of hydrogen-bond acceptors (Lipinski definition) is 2. The second-order valence-corrected chi connectivity index (χ2v) is 4.51. The Hall–Kier alpha value is -1.74. The summed E-state index contributed by atoms with van der Waals surface area (Å²) in [6.07, 6.45) is 5.23. The first kappa shape index (κ1) is 12.7. The summed E-state index contributed by atoms with van der Waals surface area (Å²) >= 11 is 0. The van der Waals surface area contributed by atoms with Crippen LogP contribution in [0.5, 0.6) is 0 Å². The van der Waals surface area contributed by atoms with Crippen LogP contribution in [0, 0.1) is 12.7 Å². The number of nitrogens with two attached hydrogens (primary N) is 1. The second kappa shape index (κ2) is 5.74. The smallest absolute Gasteiger partial charge is 0.123 e. The van der Waals surface area contributed by atoms with E-state index >= 15 is 0 Å². The molecule has 0 saturated heterocycles. The monoisotopic (exact) mass is 244 g/mol. The van der Waals surface area contributed by atoms with Crippen LogP contribution in [0.25, 0.3) is 0 Å². The molecule has 2 aromatic rings. The minimum atomic E-state index is -0.229. The summed E-state index contributed by atoms with van der Waals surface area (Å²) < 4.78 is 13.2. The molecule has 1 unspecified atom stereocenters. The van der Waals surface area contributed by atoms with Gasteiger partial charge >= 0.3 is 0 Å². The molecule has 94 valence electrons. The van der Waals surface area contributed by atoms with E-state index in [2.05, 4.69) is 4.98 Å². The lowest BCUT2D eigenvalue weighted by molar-refractivity contribution is 0.606. The van der Waals surface area contributed by atoms with Crippen LogP contribution in [0.1, 0.15) is 29.2 Å². The molecule has 2 N–H and O–H groups in total. The molecule has 0 radical (unpaired) electrons. The Bertz CT molecular complexity index is 511. The minimum Gasteiger partial charge on any atom is -0.324 e. The fraction of sp³-hybridized carbons (Fsp3) is 0.267. The van der Waals surface area contributed by atoms with Gasteiger partial charge in [-0.3, -0.25) is 4.98 Å². The van der Waals surface area contributed by atoms with Crippen molar-refractivity contribution in [2.75, 3.05) is 0 Å². The quantitative estimate of drug-likeness (QED) is 0.897. The molecule has 1 aromatic carbocycles. The van der Waals surface area contributed by atoms with E-state index in [-0.39, 0.29) is 11.9 Å². The number of aryl methyl sites for hydroxylation is 2. The molecule has 2 nitrogen and oxygen atoms in total. The van der Waals surface area contributed by atoms with E-state index in [1.807, 2.05) is 25.3 Å². The van der Waals surface area contributed by atoms with Crippen LogP contribution in [0.4, 0.5) is 4.39 Å². The molecule has 0 saturated carbocycles. The summed E-state index contributed by atoms with van der Waals surface area (Å²) in [5.41, 5.74) is 9.21. The minimum absolute atomic E-state index is 0.138. The Labute approximate surface area is 107 Å². The van der Waals surface area contributed by atoms with Crippen LogP contribution in [-0.2, 0) is 6.42 Å². The van der Waals surface area contributed by atoms with Crippen LogP contribution in [-0.4, -0.2) is 4.98 Å². The molecule has 1 atom stereocenters. The second-order valence-electron chi connectivity index (χ2n) is 4.51. The van der Waals surface area contributed by atoms with E-state index in [4.69, 9.17) is 5.73 Å². The van der Waals surface area contributed by atoms with E-state index in [0.717, 1.165) is 29.5 Å². The van der Waals surface area contributed by atoms with Gasteiger partial charge in [0.1, 0.15) is 5.82 Å². The van der Waals surface area contributed by atoms with Gasteiger partial charge in [-0.2, -0.15) is 0 Å². The Morgan fingerprint density at radius 2 is 2.17 bits per heavy atom. The Morgan fingerprint density at radius 3 is 2.89 bits per heavy atom. The molecule has 1 aromatic heterocycles. The van der Waals surface area contributed by atoms with Gasteiger partial charge in [0.25, 0.3) is 0 Å². The number of hydrogen-bond donors (Lipinski definition) is 1. The van der Waals surface area contributed by atoms with Crippen LogP contribution in [0.2, 0.25) is 0 Å². The van der Waals surface area contributed by atoms with Crippen LogP contribution in [0.15, 0.2) is 42.7 Å². The van der Waals surface area contributed by atoms with Gasteiger partial charge in [0, 0.05) is 18.4 Å². The highest BCUT2D eigenvalue weighted by Crippen LogP contribution is 2.21. The summed E-state index contributed by atoms with van der Waals surface area (Å²) in [4.78, 5) is 4.07. The number of nitrogens with zero attached hydrogens (tertiary/aromatic N) is 1. The molecule has 0 aliphatic rings. The lowest BCUT2D eigenvalue weighted by atomic mass is 9.96. The molecular weight excluding hydrogens is 227 g/mol. The van der Waals surface area contributed by atoms with Gasteiger partial charge in [0.05, 0.1) is 0 Å². The molecule has 0 spiro atoms. The summed E-state index contributed by atoms with van der Waals surface area (Å²) in [6, 6.07) is 8.57.